The van der Waals surface area contributed by atoms with Crippen LogP contribution in [0, 0.1) is 17.2 Å². The van der Waals surface area contributed by atoms with Gasteiger partial charge in [0.05, 0.1) is 6.07 Å². The fourth-order valence-electron chi connectivity index (χ4n) is 0.849. The van der Waals surface area contributed by atoms with Crippen molar-refractivity contribution in [1.82, 2.24) is 5.32 Å². The first kappa shape index (κ1) is 12.2. The van der Waals surface area contributed by atoms with Crippen molar-refractivity contribution >= 4 is 21.8 Å². The number of amides is 1. The topological polar surface area (TPSA) is 52.9 Å². The Labute approximate surface area is 86.9 Å². The molecule has 0 aromatic carbocycles. The molecule has 1 atom stereocenters. The van der Waals surface area contributed by atoms with Crippen LogP contribution in [0.5, 0.6) is 0 Å². The van der Waals surface area contributed by atoms with Crippen LogP contribution in [0.25, 0.3) is 0 Å². The first-order valence-electron chi connectivity index (χ1n) is 4.12. The van der Waals surface area contributed by atoms with E-state index in [1.165, 1.54) is 0 Å². The van der Waals surface area contributed by atoms with Gasteiger partial charge >= 0.3 is 0 Å². The van der Waals surface area contributed by atoms with Gasteiger partial charge in [-0.1, -0.05) is 35.9 Å². The summed E-state index contributed by atoms with van der Waals surface area (Å²) in [5.41, 5.74) is 0. The minimum Gasteiger partial charge on any atom is -0.350 e. The maximum Gasteiger partial charge on any atom is 0.237 e. The lowest BCUT2D eigenvalue weighted by Gasteiger charge is -2.07. The first-order valence-corrected chi connectivity index (χ1v) is 4.91. The molecule has 0 fully saturated rings. The fraction of sp³-hybridized carbons (Fsp3) is 0.556. The summed E-state index contributed by atoms with van der Waals surface area (Å²) in [7, 11) is 0. The average molecular weight is 245 g/mol. The zero-order valence-corrected chi connectivity index (χ0v) is 9.23. The number of carbonyl (C=O) groups is 1. The Bertz CT molecular complexity index is 232. The van der Waals surface area contributed by atoms with E-state index in [9.17, 15) is 4.79 Å². The van der Waals surface area contributed by atoms with Gasteiger partial charge in [0.25, 0.3) is 0 Å². The Morgan fingerprint density at radius 2 is 2.38 bits per heavy atom. The minimum absolute atomic E-state index is 0.218. The molecule has 1 N–H and O–H groups in total. The highest BCUT2D eigenvalue weighted by molar-refractivity contribution is 9.11. The summed E-state index contributed by atoms with van der Waals surface area (Å²) in [4.78, 5) is 11.3. The number of hydrogen-bond acceptors (Lipinski definition) is 2. The van der Waals surface area contributed by atoms with E-state index in [4.69, 9.17) is 5.26 Å². The molecule has 72 valence electrons. The van der Waals surface area contributed by atoms with E-state index in [-0.39, 0.29) is 5.91 Å². The van der Waals surface area contributed by atoms with E-state index in [0.29, 0.717) is 17.4 Å². The van der Waals surface area contributed by atoms with Crippen molar-refractivity contribution in [1.29, 1.82) is 5.26 Å². The van der Waals surface area contributed by atoms with Gasteiger partial charge in [0.2, 0.25) is 5.91 Å². The lowest BCUT2D eigenvalue weighted by atomic mass is 10.1. The second kappa shape index (κ2) is 6.67. The van der Waals surface area contributed by atoms with Gasteiger partial charge in [-0.2, -0.15) is 5.26 Å². The fourth-order valence-corrected chi connectivity index (χ4v) is 0.989. The lowest BCUT2D eigenvalue weighted by Crippen LogP contribution is -2.30. The summed E-state index contributed by atoms with van der Waals surface area (Å²) < 4.78 is 0.703. The monoisotopic (exact) mass is 244 g/mol. The average Bonchev–Trinajstić information content (AvgIpc) is 2.10. The summed E-state index contributed by atoms with van der Waals surface area (Å²) in [5.74, 6) is -0.748. The molecular weight excluding hydrogens is 232 g/mol. The zero-order chi connectivity index (χ0) is 10.3. The zero-order valence-electron chi connectivity index (χ0n) is 7.64. The van der Waals surface area contributed by atoms with Crippen LogP contribution in [0.3, 0.4) is 0 Å². The molecule has 1 amide bonds. The molecule has 4 heteroatoms. The Balaban J connectivity index is 3.93. The summed E-state index contributed by atoms with van der Waals surface area (Å²) in [5, 5.41) is 11.3. The molecule has 0 radical (unpaired) electrons. The molecule has 0 bridgehead atoms. The molecule has 0 aliphatic carbocycles. The van der Waals surface area contributed by atoms with Crippen molar-refractivity contribution in [2.24, 2.45) is 5.92 Å². The van der Waals surface area contributed by atoms with Gasteiger partial charge < -0.3 is 5.32 Å². The third-order valence-electron chi connectivity index (χ3n) is 1.50. The molecule has 3 nitrogen and oxygen atoms in total. The van der Waals surface area contributed by atoms with Gasteiger partial charge in [-0.15, -0.1) is 0 Å². The van der Waals surface area contributed by atoms with Gasteiger partial charge in [-0.3, -0.25) is 4.79 Å². The van der Waals surface area contributed by atoms with Crippen LogP contribution < -0.4 is 5.32 Å². The molecule has 0 aliphatic rings. The maximum absolute atomic E-state index is 11.3. The summed E-state index contributed by atoms with van der Waals surface area (Å²) >= 11 is 3.12. The second-order valence-electron chi connectivity index (χ2n) is 2.71. The Kier molecular flexibility index (Phi) is 6.25. The minimum atomic E-state index is -0.531. The molecule has 0 aromatic rings. The Morgan fingerprint density at radius 3 is 2.77 bits per heavy atom. The highest BCUT2D eigenvalue weighted by Gasteiger charge is 2.15. The Hall–Kier alpha value is -0.820. The summed E-state index contributed by atoms with van der Waals surface area (Å²) in [6, 6.07) is 1.97. The molecule has 0 rings (SSSR count). The quantitative estimate of drug-likeness (QED) is 0.804. The lowest BCUT2D eigenvalue weighted by molar-refractivity contribution is -0.123. The van der Waals surface area contributed by atoms with Gasteiger partial charge in [-0.05, 0) is 6.42 Å². The van der Waals surface area contributed by atoms with Crippen LogP contribution in [-0.2, 0) is 4.79 Å². The van der Waals surface area contributed by atoms with E-state index in [1.807, 2.05) is 13.0 Å². The van der Waals surface area contributed by atoms with Crippen LogP contribution in [0.4, 0.5) is 0 Å². The molecular formula is C9H13BrN2O. The number of halogens is 1. The normalized spacial score (nSPS) is 11.5. The van der Waals surface area contributed by atoms with Crippen LogP contribution in [0.15, 0.2) is 11.1 Å². The first-order chi connectivity index (χ1) is 6.11. The molecule has 1 unspecified atom stereocenters. The van der Waals surface area contributed by atoms with Crippen LogP contribution in [0.1, 0.15) is 19.8 Å². The van der Waals surface area contributed by atoms with Crippen molar-refractivity contribution in [2.75, 3.05) is 6.54 Å². The maximum atomic E-state index is 11.3. The Morgan fingerprint density at radius 1 is 1.77 bits per heavy atom. The highest BCUT2D eigenvalue weighted by atomic mass is 79.9. The molecule has 0 aliphatic heterocycles. The van der Waals surface area contributed by atoms with E-state index in [2.05, 4.69) is 27.8 Å². The van der Waals surface area contributed by atoms with Crippen molar-refractivity contribution in [2.45, 2.75) is 19.8 Å². The van der Waals surface area contributed by atoms with Crippen LogP contribution in [-0.4, -0.2) is 12.5 Å². The highest BCUT2D eigenvalue weighted by Crippen LogP contribution is 2.05. The van der Waals surface area contributed by atoms with Crippen molar-refractivity contribution in [3.63, 3.8) is 0 Å². The van der Waals surface area contributed by atoms with Gasteiger partial charge in [-0.25, -0.2) is 0 Å². The smallest absolute Gasteiger partial charge is 0.237 e. The van der Waals surface area contributed by atoms with E-state index < -0.39 is 5.92 Å². The second-order valence-corrected chi connectivity index (χ2v) is 3.83. The number of carbonyl (C=O) groups excluding carboxylic acids is 1. The van der Waals surface area contributed by atoms with Gasteiger partial charge in [0.15, 0.2) is 0 Å². The van der Waals surface area contributed by atoms with Crippen LogP contribution >= 0.6 is 15.9 Å². The predicted molar refractivity (Wildman–Crippen MR) is 55.1 cm³/mol. The SMILES string of the molecule is C=C(Br)CNC(=O)C(C#N)CCC. The number of hydrogen-bond donors (Lipinski definition) is 1. The molecule has 13 heavy (non-hydrogen) atoms. The summed E-state index contributed by atoms with van der Waals surface area (Å²) in [6.45, 7) is 5.90. The number of rotatable bonds is 5. The number of nitriles is 1. The van der Waals surface area contributed by atoms with E-state index in [1.54, 1.807) is 0 Å². The molecule has 0 heterocycles. The van der Waals surface area contributed by atoms with Crippen molar-refractivity contribution in [3.8, 4) is 6.07 Å². The molecule has 0 saturated heterocycles. The molecule has 0 spiro atoms. The summed E-state index contributed by atoms with van der Waals surface area (Å²) in [6.07, 6.45) is 1.44. The number of nitrogens with one attached hydrogen (secondary N) is 1. The number of nitrogens with zero attached hydrogens (tertiary/aromatic N) is 1. The molecule has 0 aromatic heterocycles. The van der Waals surface area contributed by atoms with Crippen molar-refractivity contribution < 1.29 is 4.79 Å². The van der Waals surface area contributed by atoms with Gasteiger partial charge in [0, 0.05) is 11.0 Å². The third kappa shape index (κ3) is 5.42. The third-order valence-corrected chi connectivity index (χ3v) is 1.78. The van der Waals surface area contributed by atoms with E-state index in [0.717, 1.165) is 6.42 Å². The standard InChI is InChI=1S/C9H13BrN2O/c1-3-4-8(5-11)9(13)12-6-7(2)10/h8H,2-4,6H2,1H3,(H,12,13). The van der Waals surface area contributed by atoms with Crippen molar-refractivity contribution in [3.05, 3.63) is 11.1 Å². The van der Waals surface area contributed by atoms with Gasteiger partial charge in [0.1, 0.15) is 5.92 Å². The van der Waals surface area contributed by atoms with Crippen LogP contribution in [0.2, 0.25) is 0 Å². The van der Waals surface area contributed by atoms with E-state index >= 15 is 0 Å². The largest absolute Gasteiger partial charge is 0.350 e. The molecule has 0 saturated carbocycles. The predicted octanol–water partition coefficient (Wildman–Crippen LogP) is 1.95.